The van der Waals surface area contributed by atoms with E-state index in [1.807, 2.05) is 7.05 Å². The van der Waals surface area contributed by atoms with Gasteiger partial charge in [-0.3, -0.25) is 4.99 Å². The molecule has 1 aromatic rings. The SMILES string of the molecule is CN=C(NCc1c(C)cc(C)cc1C)N1CCC(COC)C1. The second kappa shape index (κ2) is 7.63. The molecule has 0 spiro atoms. The van der Waals surface area contributed by atoms with E-state index in [9.17, 15) is 0 Å². The Morgan fingerprint density at radius 3 is 2.59 bits per heavy atom. The van der Waals surface area contributed by atoms with Crippen LogP contribution in [-0.2, 0) is 11.3 Å². The molecule has 4 nitrogen and oxygen atoms in total. The molecular weight excluding hydrogens is 274 g/mol. The summed E-state index contributed by atoms with van der Waals surface area (Å²) in [5.41, 5.74) is 5.39. The number of nitrogens with one attached hydrogen (secondary N) is 1. The molecule has 0 amide bonds. The van der Waals surface area contributed by atoms with Crippen molar-refractivity contribution in [2.75, 3.05) is 33.9 Å². The van der Waals surface area contributed by atoms with Crippen LogP contribution in [0.25, 0.3) is 0 Å². The number of aliphatic imine (C=N–C) groups is 1. The van der Waals surface area contributed by atoms with Gasteiger partial charge in [0.05, 0.1) is 6.61 Å². The number of guanidine groups is 1. The summed E-state index contributed by atoms with van der Waals surface area (Å²) in [6.45, 7) is 10.3. The van der Waals surface area contributed by atoms with Crippen LogP contribution in [0.2, 0.25) is 0 Å². The number of hydrogen-bond acceptors (Lipinski definition) is 2. The van der Waals surface area contributed by atoms with E-state index in [-0.39, 0.29) is 0 Å². The number of hydrogen-bond donors (Lipinski definition) is 1. The van der Waals surface area contributed by atoms with E-state index in [0.29, 0.717) is 5.92 Å². The molecule has 122 valence electrons. The summed E-state index contributed by atoms with van der Waals surface area (Å²) in [6, 6.07) is 4.49. The van der Waals surface area contributed by atoms with E-state index in [1.165, 1.54) is 28.7 Å². The average molecular weight is 303 g/mol. The van der Waals surface area contributed by atoms with Gasteiger partial charge >= 0.3 is 0 Å². The first-order chi connectivity index (χ1) is 10.5. The van der Waals surface area contributed by atoms with Crippen molar-refractivity contribution in [3.05, 3.63) is 34.4 Å². The summed E-state index contributed by atoms with van der Waals surface area (Å²) in [6.07, 6.45) is 1.18. The lowest BCUT2D eigenvalue weighted by Gasteiger charge is -2.22. The van der Waals surface area contributed by atoms with E-state index in [1.54, 1.807) is 7.11 Å². The van der Waals surface area contributed by atoms with Gasteiger partial charge in [0.1, 0.15) is 0 Å². The largest absolute Gasteiger partial charge is 0.384 e. The van der Waals surface area contributed by atoms with Gasteiger partial charge in [-0.2, -0.15) is 0 Å². The van der Waals surface area contributed by atoms with Crippen LogP contribution in [0.1, 0.15) is 28.7 Å². The van der Waals surface area contributed by atoms with E-state index in [2.05, 4.69) is 48.1 Å². The number of ether oxygens (including phenoxy) is 1. The van der Waals surface area contributed by atoms with Crippen molar-refractivity contribution >= 4 is 5.96 Å². The molecule has 0 saturated carbocycles. The Labute approximate surface area is 134 Å². The Kier molecular flexibility index (Phi) is 5.83. The van der Waals surface area contributed by atoms with Crippen molar-refractivity contribution in [2.45, 2.75) is 33.7 Å². The molecule has 1 saturated heterocycles. The van der Waals surface area contributed by atoms with Gasteiger partial charge in [0.15, 0.2) is 5.96 Å². The van der Waals surface area contributed by atoms with E-state index < -0.39 is 0 Å². The maximum Gasteiger partial charge on any atom is 0.193 e. The number of rotatable bonds is 4. The first-order valence-electron chi connectivity index (χ1n) is 8.06. The molecule has 1 unspecified atom stereocenters. The minimum atomic E-state index is 0.617. The Morgan fingerprint density at radius 1 is 1.32 bits per heavy atom. The van der Waals surface area contributed by atoms with Crippen LogP contribution in [0, 0.1) is 26.7 Å². The molecule has 2 rings (SSSR count). The fourth-order valence-electron chi connectivity index (χ4n) is 3.39. The molecular formula is C18H29N3O. The predicted molar refractivity (Wildman–Crippen MR) is 92.4 cm³/mol. The van der Waals surface area contributed by atoms with E-state index >= 15 is 0 Å². The molecule has 1 heterocycles. The van der Waals surface area contributed by atoms with Gasteiger partial charge in [-0.05, 0) is 43.9 Å². The molecule has 1 aliphatic heterocycles. The smallest absolute Gasteiger partial charge is 0.193 e. The molecule has 0 aromatic heterocycles. The summed E-state index contributed by atoms with van der Waals surface area (Å²) in [4.78, 5) is 6.78. The summed E-state index contributed by atoms with van der Waals surface area (Å²) in [7, 11) is 3.64. The predicted octanol–water partition coefficient (Wildman–Crippen LogP) is 2.66. The third-order valence-electron chi connectivity index (χ3n) is 4.46. The number of nitrogens with zero attached hydrogens (tertiary/aromatic N) is 2. The van der Waals surface area contributed by atoms with Crippen molar-refractivity contribution in [1.29, 1.82) is 0 Å². The van der Waals surface area contributed by atoms with Crippen molar-refractivity contribution in [3.63, 3.8) is 0 Å². The highest BCUT2D eigenvalue weighted by Crippen LogP contribution is 2.18. The van der Waals surface area contributed by atoms with Gasteiger partial charge in [-0.1, -0.05) is 17.7 Å². The quantitative estimate of drug-likeness (QED) is 0.686. The van der Waals surface area contributed by atoms with Gasteiger partial charge in [0, 0.05) is 39.7 Å². The molecule has 1 aliphatic rings. The first kappa shape index (κ1) is 16.8. The lowest BCUT2D eigenvalue weighted by molar-refractivity contribution is 0.157. The highest BCUT2D eigenvalue weighted by Gasteiger charge is 2.24. The van der Waals surface area contributed by atoms with Crippen LogP contribution in [-0.4, -0.2) is 44.7 Å². The molecule has 0 bridgehead atoms. The average Bonchev–Trinajstić information content (AvgIpc) is 2.90. The molecule has 1 N–H and O–H groups in total. The highest BCUT2D eigenvalue weighted by atomic mass is 16.5. The zero-order chi connectivity index (χ0) is 16.1. The van der Waals surface area contributed by atoms with E-state index in [0.717, 1.165) is 32.2 Å². The van der Waals surface area contributed by atoms with Crippen LogP contribution in [0.3, 0.4) is 0 Å². The summed E-state index contributed by atoms with van der Waals surface area (Å²) in [5.74, 6) is 1.62. The van der Waals surface area contributed by atoms with Crippen molar-refractivity contribution < 1.29 is 4.74 Å². The minimum Gasteiger partial charge on any atom is -0.384 e. The molecule has 0 radical (unpaired) electrons. The molecule has 1 aromatic carbocycles. The maximum atomic E-state index is 5.27. The topological polar surface area (TPSA) is 36.9 Å². The third-order valence-corrected chi connectivity index (χ3v) is 4.46. The Hall–Kier alpha value is -1.55. The van der Waals surface area contributed by atoms with Gasteiger partial charge in [-0.15, -0.1) is 0 Å². The zero-order valence-corrected chi connectivity index (χ0v) is 14.6. The number of benzene rings is 1. The van der Waals surface area contributed by atoms with Crippen LogP contribution in [0.5, 0.6) is 0 Å². The minimum absolute atomic E-state index is 0.617. The monoisotopic (exact) mass is 303 g/mol. The van der Waals surface area contributed by atoms with Gasteiger partial charge in [-0.25, -0.2) is 0 Å². The standard InChI is InChI=1S/C18H29N3O/c1-13-8-14(2)17(15(3)9-13)10-20-18(19-4)21-7-6-16(11-21)12-22-5/h8-9,16H,6-7,10-12H2,1-5H3,(H,19,20). The third kappa shape index (κ3) is 4.01. The summed E-state index contributed by atoms with van der Waals surface area (Å²) >= 11 is 0. The maximum absolute atomic E-state index is 5.27. The lowest BCUT2D eigenvalue weighted by Crippen LogP contribution is -2.40. The normalized spacial score (nSPS) is 18.9. The second-order valence-corrected chi connectivity index (χ2v) is 6.33. The lowest BCUT2D eigenvalue weighted by atomic mass is 10.00. The number of likely N-dealkylation sites (tertiary alicyclic amines) is 1. The van der Waals surface area contributed by atoms with Crippen LogP contribution < -0.4 is 5.32 Å². The Balaban J connectivity index is 1.98. The molecule has 1 atom stereocenters. The molecule has 0 aliphatic carbocycles. The van der Waals surface area contributed by atoms with Crippen LogP contribution >= 0.6 is 0 Å². The molecule has 22 heavy (non-hydrogen) atoms. The van der Waals surface area contributed by atoms with Crippen LogP contribution in [0.4, 0.5) is 0 Å². The highest BCUT2D eigenvalue weighted by molar-refractivity contribution is 5.80. The fraction of sp³-hybridized carbons (Fsp3) is 0.611. The second-order valence-electron chi connectivity index (χ2n) is 6.33. The van der Waals surface area contributed by atoms with Gasteiger partial charge < -0.3 is 15.0 Å². The van der Waals surface area contributed by atoms with Gasteiger partial charge in [0.2, 0.25) is 0 Å². The summed E-state index contributed by atoms with van der Waals surface area (Å²) in [5, 5.41) is 3.53. The molecule has 4 heteroatoms. The zero-order valence-electron chi connectivity index (χ0n) is 14.6. The first-order valence-corrected chi connectivity index (χ1v) is 8.06. The van der Waals surface area contributed by atoms with Crippen molar-refractivity contribution in [2.24, 2.45) is 10.9 Å². The number of aryl methyl sites for hydroxylation is 3. The van der Waals surface area contributed by atoms with Crippen LogP contribution in [0.15, 0.2) is 17.1 Å². The molecule has 1 fully saturated rings. The van der Waals surface area contributed by atoms with Crippen molar-refractivity contribution in [1.82, 2.24) is 10.2 Å². The Bertz CT molecular complexity index is 516. The van der Waals surface area contributed by atoms with E-state index in [4.69, 9.17) is 4.74 Å². The Morgan fingerprint density at radius 2 is 2.00 bits per heavy atom. The number of methoxy groups -OCH3 is 1. The van der Waals surface area contributed by atoms with Crippen molar-refractivity contribution in [3.8, 4) is 0 Å². The summed E-state index contributed by atoms with van der Waals surface area (Å²) < 4.78 is 5.27. The van der Waals surface area contributed by atoms with Gasteiger partial charge in [0.25, 0.3) is 0 Å². The fourth-order valence-corrected chi connectivity index (χ4v) is 3.39.